The molecule has 6 heteroatoms. The van der Waals surface area contributed by atoms with Crippen LogP contribution >= 0.6 is 0 Å². The maximum absolute atomic E-state index is 13.2. The second-order valence-electron chi connectivity index (χ2n) is 7.92. The molecule has 0 bridgehead atoms. The first-order chi connectivity index (χ1) is 13.8. The van der Waals surface area contributed by atoms with Crippen LogP contribution in [0.15, 0.2) is 53.4 Å². The van der Waals surface area contributed by atoms with E-state index in [1.54, 1.807) is 0 Å². The summed E-state index contributed by atoms with van der Waals surface area (Å²) < 4.78 is 43.7. The van der Waals surface area contributed by atoms with Gasteiger partial charge in [0.1, 0.15) is 4.90 Å². The highest BCUT2D eigenvalue weighted by molar-refractivity contribution is 7.86. The molecule has 1 aliphatic heterocycles. The monoisotopic (exact) mass is 418 g/mol. The predicted octanol–water partition coefficient (Wildman–Crippen LogP) is 4.93. The minimum Gasteiger partial charge on any atom is -0.343 e. The molecule has 0 atom stereocenters. The van der Waals surface area contributed by atoms with Crippen molar-refractivity contribution in [1.29, 1.82) is 0 Å². The van der Waals surface area contributed by atoms with Gasteiger partial charge >= 0.3 is 0 Å². The van der Waals surface area contributed by atoms with Gasteiger partial charge in [0.25, 0.3) is 10.1 Å². The Kier molecular flexibility index (Phi) is 6.79. The number of ether oxygens (including phenoxy) is 2. The lowest BCUT2D eigenvalue weighted by atomic mass is 9.95. The maximum Gasteiger partial charge on any atom is 0.297 e. The minimum atomic E-state index is -3.92. The standard InChI is InChI=1S/C23H30O5S/c1-17(2)20-11-8-12-21(18(3)4)22(20)29(24,25)28-14-13-23(26-15-16-27-23)19-9-6-5-7-10-19/h5-12,17-18H,13-16H2,1-4H3. The van der Waals surface area contributed by atoms with Gasteiger partial charge in [0.15, 0.2) is 5.79 Å². The van der Waals surface area contributed by atoms with Crippen molar-refractivity contribution in [3.63, 3.8) is 0 Å². The van der Waals surface area contributed by atoms with E-state index in [1.165, 1.54) is 0 Å². The van der Waals surface area contributed by atoms with Gasteiger partial charge in [-0.1, -0.05) is 76.2 Å². The van der Waals surface area contributed by atoms with E-state index in [4.69, 9.17) is 13.7 Å². The third-order valence-electron chi connectivity index (χ3n) is 5.21. The summed E-state index contributed by atoms with van der Waals surface area (Å²) >= 11 is 0. The van der Waals surface area contributed by atoms with Gasteiger partial charge < -0.3 is 9.47 Å². The lowest BCUT2D eigenvalue weighted by Crippen LogP contribution is -2.29. The van der Waals surface area contributed by atoms with Gasteiger partial charge in [-0.05, 0) is 23.0 Å². The average molecular weight is 419 g/mol. The fourth-order valence-electron chi connectivity index (χ4n) is 3.72. The summed E-state index contributed by atoms with van der Waals surface area (Å²) in [6.45, 7) is 8.87. The SMILES string of the molecule is CC(C)c1cccc(C(C)C)c1S(=O)(=O)OCCC1(c2ccccc2)OCCO1. The quantitative estimate of drug-likeness (QED) is 0.569. The molecule has 0 saturated carbocycles. The van der Waals surface area contributed by atoms with Gasteiger partial charge in [-0.3, -0.25) is 4.18 Å². The number of hydrogen-bond donors (Lipinski definition) is 0. The minimum absolute atomic E-state index is 0.0266. The molecule has 29 heavy (non-hydrogen) atoms. The molecular formula is C23H30O5S. The molecule has 1 fully saturated rings. The first kappa shape index (κ1) is 22.0. The van der Waals surface area contributed by atoms with Crippen LogP contribution in [-0.4, -0.2) is 28.2 Å². The molecule has 0 amide bonds. The Morgan fingerprint density at radius 1 is 0.897 bits per heavy atom. The van der Waals surface area contributed by atoms with Crippen LogP contribution in [-0.2, 0) is 29.6 Å². The Hall–Kier alpha value is -1.73. The van der Waals surface area contributed by atoms with Gasteiger partial charge in [-0.15, -0.1) is 0 Å². The van der Waals surface area contributed by atoms with Crippen molar-refractivity contribution in [3.8, 4) is 0 Å². The molecule has 2 aromatic rings. The van der Waals surface area contributed by atoms with Crippen molar-refractivity contribution in [2.24, 2.45) is 0 Å². The molecule has 0 aliphatic carbocycles. The second-order valence-corrected chi connectivity index (χ2v) is 9.47. The third kappa shape index (κ3) is 4.72. The molecule has 0 N–H and O–H groups in total. The zero-order valence-electron chi connectivity index (χ0n) is 17.6. The number of rotatable bonds is 8. The summed E-state index contributed by atoms with van der Waals surface area (Å²) in [5.41, 5.74) is 2.42. The van der Waals surface area contributed by atoms with Crippen molar-refractivity contribution in [3.05, 3.63) is 65.2 Å². The van der Waals surface area contributed by atoms with Gasteiger partial charge in [0.2, 0.25) is 0 Å². The summed E-state index contributed by atoms with van der Waals surface area (Å²) in [5, 5.41) is 0. The molecule has 2 aromatic carbocycles. The van der Waals surface area contributed by atoms with Crippen LogP contribution in [0, 0.1) is 0 Å². The van der Waals surface area contributed by atoms with Crippen LogP contribution in [0.4, 0.5) is 0 Å². The number of hydrogen-bond acceptors (Lipinski definition) is 5. The molecule has 0 spiro atoms. The van der Waals surface area contributed by atoms with Crippen molar-refractivity contribution < 1.29 is 22.1 Å². The predicted molar refractivity (Wildman–Crippen MR) is 112 cm³/mol. The third-order valence-corrected chi connectivity index (χ3v) is 6.66. The van der Waals surface area contributed by atoms with Crippen LogP contribution in [0.5, 0.6) is 0 Å². The van der Waals surface area contributed by atoms with E-state index >= 15 is 0 Å². The Morgan fingerprint density at radius 3 is 1.97 bits per heavy atom. The Bertz CT molecular complexity index is 887. The molecule has 0 radical (unpaired) electrons. The largest absolute Gasteiger partial charge is 0.343 e. The molecule has 1 saturated heterocycles. The van der Waals surface area contributed by atoms with Crippen LogP contribution < -0.4 is 0 Å². The highest BCUT2D eigenvalue weighted by atomic mass is 32.2. The van der Waals surface area contributed by atoms with E-state index in [9.17, 15) is 8.42 Å². The van der Waals surface area contributed by atoms with Crippen LogP contribution in [0.25, 0.3) is 0 Å². The fraction of sp³-hybridized carbons (Fsp3) is 0.478. The Balaban J connectivity index is 1.84. The lowest BCUT2D eigenvalue weighted by Gasteiger charge is -2.28. The molecule has 0 aromatic heterocycles. The zero-order chi connectivity index (χ0) is 21.1. The van der Waals surface area contributed by atoms with Crippen LogP contribution in [0.2, 0.25) is 0 Å². The molecular weight excluding hydrogens is 388 g/mol. The summed E-state index contributed by atoms with van der Waals surface area (Å²) in [6, 6.07) is 15.2. The van der Waals surface area contributed by atoms with Crippen molar-refractivity contribution in [1.82, 2.24) is 0 Å². The first-order valence-corrected chi connectivity index (χ1v) is 11.5. The molecule has 0 unspecified atom stereocenters. The van der Waals surface area contributed by atoms with E-state index in [2.05, 4.69) is 0 Å². The lowest BCUT2D eigenvalue weighted by molar-refractivity contribution is -0.174. The molecule has 1 heterocycles. The van der Waals surface area contributed by atoms with E-state index < -0.39 is 15.9 Å². The van der Waals surface area contributed by atoms with Crippen molar-refractivity contribution in [2.45, 2.75) is 56.6 Å². The molecule has 3 rings (SSSR count). The van der Waals surface area contributed by atoms with E-state index in [1.807, 2.05) is 76.2 Å². The fourth-order valence-corrected chi connectivity index (χ4v) is 5.32. The maximum atomic E-state index is 13.2. The van der Waals surface area contributed by atoms with Crippen molar-refractivity contribution in [2.75, 3.05) is 19.8 Å². The summed E-state index contributed by atoms with van der Waals surface area (Å²) in [7, 11) is -3.92. The molecule has 158 valence electrons. The highest BCUT2D eigenvalue weighted by Crippen LogP contribution is 2.36. The van der Waals surface area contributed by atoms with E-state index in [0.29, 0.717) is 18.1 Å². The number of benzene rings is 2. The smallest absolute Gasteiger partial charge is 0.297 e. The topological polar surface area (TPSA) is 61.8 Å². The summed E-state index contributed by atoms with van der Waals surface area (Å²) in [5.74, 6) is -0.826. The Labute approximate surface area is 174 Å². The normalized spacial score (nSPS) is 16.6. The van der Waals surface area contributed by atoms with Crippen LogP contribution in [0.3, 0.4) is 0 Å². The van der Waals surface area contributed by atoms with Crippen molar-refractivity contribution >= 4 is 10.1 Å². The molecule has 1 aliphatic rings. The summed E-state index contributed by atoms with van der Waals surface area (Å²) in [4.78, 5) is 0.298. The Morgan fingerprint density at radius 2 is 1.45 bits per heavy atom. The molecule has 5 nitrogen and oxygen atoms in total. The highest BCUT2D eigenvalue weighted by Gasteiger charge is 2.39. The van der Waals surface area contributed by atoms with Gasteiger partial charge in [0.05, 0.1) is 19.8 Å². The van der Waals surface area contributed by atoms with E-state index in [-0.39, 0.29) is 24.9 Å². The average Bonchev–Trinajstić information content (AvgIpc) is 3.18. The van der Waals surface area contributed by atoms with Gasteiger partial charge in [0, 0.05) is 12.0 Å². The van der Waals surface area contributed by atoms with Gasteiger partial charge in [-0.2, -0.15) is 8.42 Å². The van der Waals surface area contributed by atoms with Gasteiger partial charge in [-0.25, -0.2) is 0 Å². The first-order valence-electron chi connectivity index (χ1n) is 10.1. The van der Waals surface area contributed by atoms with Crippen LogP contribution in [0.1, 0.15) is 62.6 Å². The van der Waals surface area contributed by atoms with E-state index in [0.717, 1.165) is 16.7 Å². The zero-order valence-corrected chi connectivity index (χ0v) is 18.4. The summed E-state index contributed by atoms with van der Waals surface area (Å²) in [6.07, 6.45) is 0.289. The second kappa shape index (κ2) is 8.96.